The largest absolute Gasteiger partial charge is 0.150 e. The van der Waals surface area contributed by atoms with Crippen LogP contribution in [0, 0.1) is 10.8 Å². The van der Waals surface area contributed by atoms with E-state index in [-0.39, 0.29) is 5.54 Å². The summed E-state index contributed by atoms with van der Waals surface area (Å²) in [6.45, 7) is 3.94. The van der Waals surface area contributed by atoms with Crippen LogP contribution in [0.2, 0.25) is 0 Å². The normalized spacial score (nSPS) is 48.6. The summed E-state index contributed by atoms with van der Waals surface area (Å²) in [4.78, 5) is 9.85. The zero-order valence-corrected chi connectivity index (χ0v) is 4.64. The Morgan fingerprint density at radius 1 is 1.86 bits per heavy atom. The van der Waals surface area contributed by atoms with Crippen LogP contribution in [0.3, 0.4) is 0 Å². The van der Waals surface area contributed by atoms with Crippen molar-refractivity contribution in [3.63, 3.8) is 0 Å². The quantitative estimate of drug-likeness (QED) is 0.458. The molecule has 1 fully saturated rings. The summed E-state index contributed by atoms with van der Waals surface area (Å²) in [5.74, 6) is 0.532. The summed E-state index contributed by atoms with van der Waals surface area (Å²) in [5, 5.41) is 2.96. The molecule has 0 aliphatic heterocycles. The molecule has 2 heteroatoms. The Labute approximate surface area is 42.9 Å². The van der Waals surface area contributed by atoms with E-state index in [1.807, 2.05) is 13.8 Å². The van der Waals surface area contributed by atoms with E-state index in [2.05, 4.69) is 5.18 Å². The van der Waals surface area contributed by atoms with E-state index in [4.69, 9.17) is 0 Å². The first-order valence-corrected chi connectivity index (χ1v) is 2.53. The molecule has 1 aliphatic carbocycles. The van der Waals surface area contributed by atoms with Crippen LogP contribution in [0.4, 0.5) is 0 Å². The lowest BCUT2D eigenvalue weighted by molar-refractivity contribution is 0.682. The van der Waals surface area contributed by atoms with Crippen molar-refractivity contribution in [2.75, 3.05) is 0 Å². The molecule has 2 nitrogen and oxygen atoms in total. The third kappa shape index (κ3) is 0.539. The van der Waals surface area contributed by atoms with Crippen LogP contribution in [0.5, 0.6) is 0 Å². The second kappa shape index (κ2) is 1.05. The van der Waals surface area contributed by atoms with Crippen LogP contribution in [-0.2, 0) is 0 Å². The van der Waals surface area contributed by atoms with Crippen molar-refractivity contribution >= 4 is 0 Å². The average molecular weight is 99.1 g/mol. The fraction of sp³-hybridized carbons (Fsp3) is 1.00. The minimum atomic E-state index is -0.181. The molecule has 0 heterocycles. The van der Waals surface area contributed by atoms with Crippen molar-refractivity contribution in [1.82, 2.24) is 0 Å². The van der Waals surface area contributed by atoms with Crippen molar-refractivity contribution in [2.45, 2.75) is 25.8 Å². The van der Waals surface area contributed by atoms with Gasteiger partial charge in [-0.05, 0) is 19.3 Å². The molecule has 0 saturated heterocycles. The minimum Gasteiger partial charge on any atom is -0.150 e. The van der Waals surface area contributed by atoms with Gasteiger partial charge in [-0.3, -0.25) is 0 Å². The lowest BCUT2D eigenvalue weighted by Crippen LogP contribution is -1.96. The number of rotatable bonds is 1. The summed E-state index contributed by atoms with van der Waals surface area (Å²) in [6.07, 6.45) is 0.983. The summed E-state index contributed by atoms with van der Waals surface area (Å²) in [6, 6.07) is 0. The van der Waals surface area contributed by atoms with Gasteiger partial charge in [-0.1, -0.05) is 12.1 Å². The SMILES string of the molecule is CC1CC1(C)N=O. The molecule has 1 aliphatic rings. The monoisotopic (exact) mass is 99.1 g/mol. The second-order valence-corrected chi connectivity index (χ2v) is 2.55. The Bertz CT molecular complexity index is 102. The van der Waals surface area contributed by atoms with E-state index in [0.717, 1.165) is 6.42 Å². The van der Waals surface area contributed by atoms with Crippen LogP contribution < -0.4 is 0 Å². The van der Waals surface area contributed by atoms with E-state index >= 15 is 0 Å². The van der Waals surface area contributed by atoms with Gasteiger partial charge < -0.3 is 0 Å². The number of nitrogens with zero attached hydrogens (tertiary/aromatic N) is 1. The van der Waals surface area contributed by atoms with Crippen molar-refractivity contribution in [2.24, 2.45) is 11.1 Å². The molecule has 0 aromatic rings. The highest BCUT2D eigenvalue weighted by Gasteiger charge is 2.48. The van der Waals surface area contributed by atoms with Gasteiger partial charge in [0.15, 0.2) is 0 Å². The highest BCUT2D eigenvalue weighted by Crippen LogP contribution is 2.45. The summed E-state index contributed by atoms with van der Waals surface area (Å²) in [5.41, 5.74) is -0.181. The maximum Gasteiger partial charge on any atom is 0.103 e. The standard InChI is InChI=1S/C5H9NO/c1-4-3-5(4,2)6-7/h4H,3H2,1-2H3. The van der Waals surface area contributed by atoms with Crippen LogP contribution in [0.15, 0.2) is 5.18 Å². The fourth-order valence-electron chi connectivity index (χ4n) is 0.688. The van der Waals surface area contributed by atoms with Crippen molar-refractivity contribution < 1.29 is 0 Å². The molecular formula is C5H9NO. The van der Waals surface area contributed by atoms with Crippen molar-refractivity contribution in [3.8, 4) is 0 Å². The Kier molecular flexibility index (Phi) is 0.716. The van der Waals surface area contributed by atoms with Gasteiger partial charge in [-0.15, -0.1) is 0 Å². The first-order chi connectivity index (χ1) is 3.19. The van der Waals surface area contributed by atoms with E-state index in [1.165, 1.54) is 0 Å². The fourth-order valence-corrected chi connectivity index (χ4v) is 0.688. The molecule has 0 aromatic carbocycles. The van der Waals surface area contributed by atoms with E-state index in [9.17, 15) is 4.91 Å². The first-order valence-electron chi connectivity index (χ1n) is 2.53. The highest BCUT2D eigenvalue weighted by atomic mass is 16.3. The Morgan fingerprint density at radius 3 is 2.29 bits per heavy atom. The zero-order valence-electron chi connectivity index (χ0n) is 4.64. The van der Waals surface area contributed by atoms with Crippen LogP contribution in [0.1, 0.15) is 20.3 Å². The lowest BCUT2D eigenvalue weighted by Gasteiger charge is -1.89. The Hall–Kier alpha value is -0.400. The van der Waals surface area contributed by atoms with Gasteiger partial charge in [-0.25, -0.2) is 0 Å². The molecule has 1 rings (SSSR count). The van der Waals surface area contributed by atoms with E-state index in [0.29, 0.717) is 5.92 Å². The van der Waals surface area contributed by atoms with Gasteiger partial charge in [0, 0.05) is 0 Å². The molecule has 0 spiro atoms. The maximum absolute atomic E-state index is 9.85. The van der Waals surface area contributed by atoms with E-state index < -0.39 is 0 Å². The van der Waals surface area contributed by atoms with Crippen LogP contribution in [0.25, 0.3) is 0 Å². The van der Waals surface area contributed by atoms with Gasteiger partial charge >= 0.3 is 0 Å². The Balaban J connectivity index is 2.51. The minimum absolute atomic E-state index is 0.181. The molecule has 2 atom stereocenters. The summed E-state index contributed by atoms with van der Waals surface area (Å²) in [7, 11) is 0. The van der Waals surface area contributed by atoms with Gasteiger partial charge in [0.1, 0.15) is 5.54 Å². The lowest BCUT2D eigenvalue weighted by atomic mass is 10.3. The number of hydrogen-bond acceptors (Lipinski definition) is 2. The molecule has 0 bridgehead atoms. The molecule has 0 N–H and O–H groups in total. The molecule has 0 aromatic heterocycles. The summed E-state index contributed by atoms with van der Waals surface area (Å²) >= 11 is 0. The van der Waals surface area contributed by atoms with Crippen molar-refractivity contribution in [1.29, 1.82) is 0 Å². The van der Waals surface area contributed by atoms with Gasteiger partial charge in [0.2, 0.25) is 0 Å². The van der Waals surface area contributed by atoms with Crippen LogP contribution in [-0.4, -0.2) is 5.54 Å². The molecule has 40 valence electrons. The van der Waals surface area contributed by atoms with Gasteiger partial charge in [-0.2, -0.15) is 4.91 Å². The third-order valence-corrected chi connectivity index (χ3v) is 1.83. The molecule has 1 saturated carbocycles. The van der Waals surface area contributed by atoms with E-state index in [1.54, 1.807) is 0 Å². The summed E-state index contributed by atoms with van der Waals surface area (Å²) < 4.78 is 0. The number of hydrogen-bond donors (Lipinski definition) is 0. The first kappa shape index (κ1) is 4.75. The second-order valence-electron chi connectivity index (χ2n) is 2.55. The Morgan fingerprint density at radius 2 is 2.29 bits per heavy atom. The predicted octanol–water partition coefficient (Wildman–Crippen LogP) is 1.55. The highest BCUT2D eigenvalue weighted by molar-refractivity contribution is 5.03. The smallest absolute Gasteiger partial charge is 0.103 e. The molecule has 7 heavy (non-hydrogen) atoms. The van der Waals surface area contributed by atoms with Gasteiger partial charge in [0.05, 0.1) is 0 Å². The van der Waals surface area contributed by atoms with Crippen LogP contribution >= 0.6 is 0 Å². The topological polar surface area (TPSA) is 29.4 Å². The average Bonchev–Trinajstić information content (AvgIpc) is 2.18. The molecule has 0 amide bonds. The zero-order chi connectivity index (χ0) is 5.49. The number of nitroso groups, excluding NO2 is 1. The molecular weight excluding hydrogens is 90.1 g/mol. The molecule has 0 radical (unpaired) electrons. The van der Waals surface area contributed by atoms with Crippen molar-refractivity contribution in [3.05, 3.63) is 4.91 Å². The third-order valence-electron chi connectivity index (χ3n) is 1.83. The molecule has 2 unspecified atom stereocenters. The maximum atomic E-state index is 9.85. The predicted molar refractivity (Wildman–Crippen MR) is 28.0 cm³/mol. The van der Waals surface area contributed by atoms with Gasteiger partial charge in [0.25, 0.3) is 0 Å².